The van der Waals surface area contributed by atoms with Crippen molar-refractivity contribution in [3.63, 3.8) is 0 Å². The molecule has 1 aliphatic rings. The molecule has 1 aliphatic heterocycles. The van der Waals surface area contributed by atoms with E-state index in [-0.39, 0.29) is 36.4 Å². The molecule has 2 atom stereocenters. The summed E-state index contributed by atoms with van der Waals surface area (Å²) >= 11 is 0. The second kappa shape index (κ2) is 7.57. The highest BCUT2D eigenvalue weighted by atomic mass is 19.4. The Morgan fingerprint density at radius 1 is 1.35 bits per heavy atom. The van der Waals surface area contributed by atoms with Gasteiger partial charge in [-0.1, -0.05) is 6.07 Å². The zero-order valence-electron chi connectivity index (χ0n) is 16.3. The van der Waals surface area contributed by atoms with Gasteiger partial charge in [-0.3, -0.25) is 4.79 Å². The largest absolute Gasteiger partial charge is 0.416 e. The lowest BCUT2D eigenvalue weighted by Gasteiger charge is -2.42. The number of rotatable bonds is 3. The van der Waals surface area contributed by atoms with Gasteiger partial charge in [0.2, 0.25) is 0 Å². The maximum atomic E-state index is 14.8. The van der Waals surface area contributed by atoms with Crippen LogP contribution >= 0.6 is 0 Å². The first-order chi connectivity index (χ1) is 14.6. The molecule has 1 fully saturated rings. The van der Waals surface area contributed by atoms with Crippen LogP contribution in [-0.2, 0) is 16.5 Å². The smallest absolute Gasteiger partial charge is 0.388 e. The summed E-state index contributed by atoms with van der Waals surface area (Å²) in [5.74, 6) is -1.89. The third-order valence-corrected chi connectivity index (χ3v) is 5.33. The zero-order chi connectivity index (χ0) is 22.4. The topological polar surface area (TPSA) is 88.8 Å². The number of benzene rings is 1. The number of amides is 1. The highest BCUT2D eigenvalue weighted by molar-refractivity contribution is 6.00. The van der Waals surface area contributed by atoms with Gasteiger partial charge in [0, 0.05) is 31.0 Å². The van der Waals surface area contributed by atoms with Crippen LogP contribution < -0.4 is 5.32 Å². The van der Waals surface area contributed by atoms with Gasteiger partial charge in [0.25, 0.3) is 5.91 Å². The quantitative estimate of drug-likeness (QED) is 0.614. The number of hydrogen-bond donors (Lipinski definition) is 2. The van der Waals surface area contributed by atoms with Crippen LogP contribution in [0.5, 0.6) is 0 Å². The Bertz CT molecular complexity index is 1150. The van der Waals surface area contributed by atoms with Gasteiger partial charge < -0.3 is 15.2 Å². The number of aliphatic hydroxyl groups excluding tert-OH is 1. The van der Waals surface area contributed by atoms with Crippen molar-refractivity contribution in [3.8, 4) is 0 Å². The van der Waals surface area contributed by atoms with Crippen molar-refractivity contribution in [1.29, 1.82) is 0 Å². The van der Waals surface area contributed by atoms with Gasteiger partial charge in [-0.05, 0) is 24.6 Å². The van der Waals surface area contributed by atoms with E-state index < -0.39 is 35.1 Å². The van der Waals surface area contributed by atoms with Crippen molar-refractivity contribution in [3.05, 3.63) is 64.9 Å². The SMILES string of the molecule is Cc1cnc2c(C(=O)N[C@@]3(c4ccc(C(F)(F)F)cc4F)CCOCC3O)cnn2c1. The van der Waals surface area contributed by atoms with E-state index in [9.17, 15) is 27.5 Å². The predicted octanol–water partition coefficient (Wildman–Crippen LogP) is 2.60. The van der Waals surface area contributed by atoms with Crippen molar-refractivity contribution in [2.45, 2.75) is 31.2 Å². The highest BCUT2D eigenvalue weighted by Crippen LogP contribution is 2.37. The number of carbonyl (C=O) groups is 1. The molecule has 7 nitrogen and oxygen atoms in total. The lowest BCUT2D eigenvalue weighted by molar-refractivity contribution is -0.137. The van der Waals surface area contributed by atoms with Crippen LogP contribution in [-0.4, -0.2) is 44.9 Å². The van der Waals surface area contributed by atoms with Crippen LogP contribution in [0.1, 0.15) is 33.5 Å². The van der Waals surface area contributed by atoms with Crippen LogP contribution in [0.15, 0.2) is 36.8 Å². The fraction of sp³-hybridized carbons (Fsp3) is 0.350. The predicted molar refractivity (Wildman–Crippen MR) is 99.7 cm³/mol. The van der Waals surface area contributed by atoms with Crippen LogP contribution in [0.3, 0.4) is 0 Å². The van der Waals surface area contributed by atoms with Crippen LogP contribution in [0.2, 0.25) is 0 Å². The van der Waals surface area contributed by atoms with Gasteiger partial charge in [0.15, 0.2) is 5.65 Å². The molecule has 31 heavy (non-hydrogen) atoms. The molecule has 0 aliphatic carbocycles. The molecule has 11 heteroatoms. The molecule has 3 aromatic rings. The van der Waals surface area contributed by atoms with Gasteiger partial charge in [-0.15, -0.1) is 0 Å². The average molecular weight is 438 g/mol. The molecule has 1 amide bonds. The lowest BCUT2D eigenvalue weighted by Crippen LogP contribution is -2.58. The Hall–Kier alpha value is -3.05. The van der Waals surface area contributed by atoms with Gasteiger partial charge >= 0.3 is 6.18 Å². The molecule has 0 saturated carbocycles. The number of alkyl halides is 3. The standard InChI is InChI=1S/C20H18F4N4O3/c1-11-7-25-17-13(8-26-28(17)9-11)18(30)27-19(4-5-31-10-16(19)29)14-3-2-12(6-15(14)21)20(22,23)24/h2-3,6-9,16,29H,4-5,10H2,1H3,(H,27,30)/t16?,19-/m1/s1. The van der Waals surface area contributed by atoms with Gasteiger partial charge in [0.05, 0.1) is 23.9 Å². The number of ether oxygens (including phenoxy) is 1. The molecule has 1 aromatic carbocycles. The Balaban J connectivity index is 1.76. The number of nitrogens with one attached hydrogen (secondary N) is 1. The van der Waals surface area contributed by atoms with E-state index in [0.29, 0.717) is 12.1 Å². The van der Waals surface area contributed by atoms with Gasteiger partial charge in [-0.25, -0.2) is 13.9 Å². The molecule has 0 spiro atoms. The first-order valence-electron chi connectivity index (χ1n) is 9.37. The summed E-state index contributed by atoms with van der Waals surface area (Å²) in [5, 5.41) is 17.4. The summed E-state index contributed by atoms with van der Waals surface area (Å²) in [7, 11) is 0. The second-order valence-corrected chi connectivity index (χ2v) is 7.42. The molecule has 2 aromatic heterocycles. The fourth-order valence-corrected chi connectivity index (χ4v) is 3.72. The summed E-state index contributed by atoms with van der Waals surface area (Å²) in [6.07, 6.45) is -1.69. The number of aryl methyl sites for hydroxylation is 1. The van der Waals surface area contributed by atoms with E-state index in [2.05, 4.69) is 15.4 Å². The molecule has 1 unspecified atom stereocenters. The summed E-state index contributed by atoms with van der Waals surface area (Å²) in [5.41, 5.74) is -1.99. The van der Waals surface area contributed by atoms with Crippen LogP contribution in [0, 0.1) is 12.7 Å². The number of aromatic nitrogens is 3. The molecular formula is C20H18F4N4O3. The molecule has 0 radical (unpaired) electrons. The number of aliphatic hydroxyl groups is 1. The zero-order valence-corrected chi connectivity index (χ0v) is 16.3. The number of hydrogen-bond acceptors (Lipinski definition) is 5. The van der Waals surface area contributed by atoms with Crippen molar-refractivity contribution >= 4 is 11.6 Å². The van der Waals surface area contributed by atoms with E-state index in [0.717, 1.165) is 11.6 Å². The minimum atomic E-state index is -4.73. The Morgan fingerprint density at radius 2 is 2.13 bits per heavy atom. The third-order valence-electron chi connectivity index (χ3n) is 5.33. The molecule has 4 rings (SSSR count). The lowest BCUT2D eigenvalue weighted by atomic mass is 9.79. The first-order valence-corrected chi connectivity index (χ1v) is 9.37. The summed E-state index contributed by atoms with van der Waals surface area (Å²) in [6, 6.07) is 2.00. The number of fused-ring (bicyclic) bond motifs is 1. The van der Waals surface area contributed by atoms with E-state index in [1.807, 2.05) is 0 Å². The van der Waals surface area contributed by atoms with Crippen LogP contribution in [0.4, 0.5) is 17.6 Å². The number of nitrogens with zero attached hydrogens (tertiary/aromatic N) is 3. The van der Waals surface area contributed by atoms with E-state index >= 15 is 0 Å². The molecule has 0 bridgehead atoms. The Labute approximate surface area is 173 Å². The molecular weight excluding hydrogens is 420 g/mol. The molecule has 2 N–H and O–H groups in total. The maximum absolute atomic E-state index is 14.8. The monoisotopic (exact) mass is 438 g/mol. The van der Waals surface area contributed by atoms with Crippen LogP contribution in [0.25, 0.3) is 5.65 Å². The van der Waals surface area contributed by atoms with Gasteiger partial charge in [0.1, 0.15) is 17.5 Å². The molecule has 164 valence electrons. The van der Waals surface area contributed by atoms with Crippen molar-refractivity contribution in [2.24, 2.45) is 0 Å². The summed E-state index contributed by atoms with van der Waals surface area (Å²) in [4.78, 5) is 17.3. The minimum absolute atomic E-state index is 0.0477. The fourth-order valence-electron chi connectivity index (χ4n) is 3.72. The number of halogens is 4. The highest BCUT2D eigenvalue weighted by Gasteiger charge is 2.46. The summed E-state index contributed by atoms with van der Waals surface area (Å²) < 4.78 is 60.3. The van der Waals surface area contributed by atoms with Crippen molar-refractivity contribution in [2.75, 3.05) is 13.2 Å². The molecule has 3 heterocycles. The molecule has 1 saturated heterocycles. The number of carbonyl (C=O) groups excluding carboxylic acids is 1. The third kappa shape index (κ3) is 3.74. The Kier molecular flexibility index (Phi) is 5.18. The van der Waals surface area contributed by atoms with Crippen molar-refractivity contribution < 1.29 is 32.2 Å². The minimum Gasteiger partial charge on any atom is -0.388 e. The summed E-state index contributed by atoms with van der Waals surface area (Å²) in [6.45, 7) is 1.63. The maximum Gasteiger partial charge on any atom is 0.416 e. The second-order valence-electron chi connectivity index (χ2n) is 7.42. The van der Waals surface area contributed by atoms with Crippen molar-refractivity contribution in [1.82, 2.24) is 19.9 Å². The normalized spacial score (nSPS) is 21.9. The van der Waals surface area contributed by atoms with E-state index in [1.54, 1.807) is 19.3 Å². The average Bonchev–Trinajstić information content (AvgIpc) is 3.12. The Morgan fingerprint density at radius 3 is 2.81 bits per heavy atom. The van der Waals surface area contributed by atoms with E-state index in [4.69, 9.17) is 4.74 Å². The van der Waals surface area contributed by atoms with Gasteiger partial charge in [-0.2, -0.15) is 18.3 Å². The van der Waals surface area contributed by atoms with E-state index in [1.165, 1.54) is 10.7 Å². The first kappa shape index (κ1) is 21.2.